The highest BCUT2D eigenvalue weighted by molar-refractivity contribution is 7.99. The van der Waals surface area contributed by atoms with Crippen molar-refractivity contribution in [3.63, 3.8) is 0 Å². The van der Waals surface area contributed by atoms with Gasteiger partial charge in [0.2, 0.25) is 0 Å². The molecule has 3 nitrogen and oxygen atoms in total. The molecule has 0 rings (SSSR count). The SMILES string of the molecule is NC(=S)CCSCCCC(=O)O. The minimum atomic E-state index is -0.732. The van der Waals surface area contributed by atoms with Crippen molar-refractivity contribution in [3.8, 4) is 0 Å². The van der Waals surface area contributed by atoms with Gasteiger partial charge in [0.05, 0.1) is 4.99 Å². The van der Waals surface area contributed by atoms with Crippen molar-refractivity contribution in [3.05, 3.63) is 0 Å². The number of aliphatic carboxylic acids is 1. The number of hydrogen-bond acceptors (Lipinski definition) is 3. The Morgan fingerprint density at radius 1 is 1.42 bits per heavy atom. The van der Waals surface area contributed by atoms with Crippen LogP contribution in [0.5, 0.6) is 0 Å². The standard InChI is InChI=1S/C7H13NO2S2/c8-6(11)3-5-12-4-1-2-7(9)10/h1-5H2,(H2,8,11)(H,9,10). The first kappa shape index (κ1) is 11.7. The van der Waals surface area contributed by atoms with Crippen molar-refractivity contribution < 1.29 is 9.90 Å². The van der Waals surface area contributed by atoms with Crippen LogP contribution in [0, 0.1) is 0 Å². The molecule has 0 aromatic rings. The number of nitrogens with two attached hydrogens (primary N) is 1. The first-order chi connectivity index (χ1) is 5.63. The van der Waals surface area contributed by atoms with Crippen molar-refractivity contribution in [2.24, 2.45) is 5.73 Å². The Morgan fingerprint density at radius 3 is 2.58 bits per heavy atom. The van der Waals surface area contributed by atoms with E-state index >= 15 is 0 Å². The molecule has 0 aliphatic rings. The highest BCUT2D eigenvalue weighted by Gasteiger charge is 1.96. The third-order valence-corrected chi connectivity index (χ3v) is 2.45. The highest BCUT2D eigenvalue weighted by Crippen LogP contribution is 2.05. The van der Waals surface area contributed by atoms with Crippen LogP contribution in [-0.4, -0.2) is 27.6 Å². The van der Waals surface area contributed by atoms with Gasteiger partial charge < -0.3 is 10.8 Å². The van der Waals surface area contributed by atoms with Crippen LogP contribution in [0.3, 0.4) is 0 Å². The molecule has 5 heteroatoms. The predicted octanol–water partition coefficient (Wildman–Crippen LogP) is 1.26. The second-order valence-electron chi connectivity index (χ2n) is 2.33. The fourth-order valence-corrected chi connectivity index (χ4v) is 1.75. The zero-order valence-corrected chi connectivity index (χ0v) is 8.42. The molecule has 3 N–H and O–H groups in total. The molecular formula is C7H13NO2S2. The van der Waals surface area contributed by atoms with Crippen molar-refractivity contribution in [1.29, 1.82) is 0 Å². The summed E-state index contributed by atoms with van der Waals surface area (Å²) in [6.45, 7) is 0. The van der Waals surface area contributed by atoms with Crippen LogP contribution in [0.25, 0.3) is 0 Å². The molecule has 0 unspecified atom stereocenters. The van der Waals surface area contributed by atoms with Crippen molar-refractivity contribution in [2.45, 2.75) is 19.3 Å². The van der Waals surface area contributed by atoms with Crippen molar-refractivity contribution >= 4 is 34.9 Å². The lowest BCUT2D eigenvalue weighted by Gasteiger charge is -1.98. The number of carbonyl (C=O) groups is 1. The van der Waals surface area contributed by atoms with E-state index < -0.39 is 5.97 Å². The Hall–Kier alpha value is -0.290. The van der Waals surface area contributed by atoms with E-state index in [9.17, 15) is 4.79 Å². The van der Waals surface area contributed by atoms with E-state index in [4.69, 9.17) is 10.8 Å². The average molecular weight is 207 g/mol. The Morgan fingerprint density at radius 2 is 2.08 bits per heavy atom. The molecule has 70 valence electrons. The largest absolute Gasteiger partial charge is 0.481 e. The van der Waals surface area contributed by atoms with Crippen LogP contribution in [0.15, 0.2) is 0 Å². The van der Waals surface area contributed by atoms with Gasteiger partial charge in [-0.25, -0.2) is 0 Å². The molecule has 0 spiro atoms. The summed E-state index contributed by atoms with van der Waals surface area (Å²) in [6.07, 6.45) is 1.71. The second kappa shape index (κ2) is 7.36. The second-order valence-corrected chi connectivity index (χ2v) is 4.08. The lowest BCUT2D eigenvalue weighted by molar-refractivity contribution is -0.137. The van der Waals surface area contributed by atoms with Crippen molar-refractivity contribution in [2.75, 3.05) is 11.5 Å². The maximum Gasteiger partial charge on any atom is 0.303 e. The van der Waals surface area contributed by atoms with E-state index in [0.29, 0.717) is 4.99 Å². The summed E-state index contributed by atoms with van der Waals surface area (Å²) in [5.74, 6) is 1.04. The van der Waals surface area contributed by atoms with Gasteiger partial charge in [-0.1, -0.05) is 12.2 Å². The monoisotopic (exact) mass is 207 g/mol. The number of rotatable bonds is 7. The number of thiocarbonyl (C=S) groups is 1. The quantitative estimate of drug-likeness (QED) is 0.486. The fourth-order valence-electron chi connectivity index (χ4n) is 0.600. The van der Waals surface area contributed by atoms with Gasteiger partial charge in [-0.05, 0) is 17.9 Å². The molecule has 0 saturated heterocycles. The van der Waals surface area contributed by atoms with E-state index in [1.54, 1.807) is 11.8 Å². The van der Waals surface area contributed by atoms with Gasteiger partial charge in [-0.3, -0.25) is 4.79 Å². The smallest absolute Gasteiger partial charge is 0.303 e. The van der Waals surface area contributed by atoms with Crippen LogP contribution >= 0.6 is 24.0 Å². The zero-order valence-electron chi connectivity index (χ0n) is 6.78. The van der Waals surface area contributed by atoms with Crippen molar-refractivity contribution in [1.82, 2.24) is 0 Å². The van der Waals surface area contributed by atoms with Crippen LogP contribution in [-0.2, 0) is 4.79 Å². The van der Waals surface area contributed by atoms with E-state index in [1.807, 2.05) is 0 Å². The van der Waals surface area contributed by atoms with Gasteiger partial charge >= 0.3 is 5.97 Å². The summed E-state index contributed by atoms with van der Waals surface area (Å²) in [7, 11) is 0. The van der Waals surface area contributed by atoms with E-state index in [-0.39, 0.29) is 6.42 Å². The van der Waals surface area contributed by atoms with E-state index in [0.717, 1.165) is 24.3 Å². The summed E-state index contributed by atoms with van der Waals surface area (Å²) >= 11 is 6.38. The summed E-state index contributed by atoms with van der Waals surface area (Å²) < 4.78 is 0. The molecule has 0 amide bonds. The van der Waals surface area contributed by atoms with Gasteiger partial charge in [0.1, 0.15) is 0 Å². The molecule has 0 bridgehead atoms. The summed E-state index contributed by atoms with van der Waals surface area (Å²) in [5.41, 5.74) is 5.28. The molecule has 0 aromatic carbocycles. The predicted molar refractivity (Wildman–Crippen MR) is 55.6 cm³/mol. The minimum Gasteiger partial charge on any atom is -0.481 e. The average Bonchev–Trinajstić information content (AvgIpc) is 1.95. The number of carboxylic acid groups (broad SMARTS) is 1. The normalized spacial score (nSPS) is 9.67. The van der Waals surface area contributed by atoms with Gasteiger partial charge in [-0.2, -0.15) is 11.8 Å². The number of hydrogen-bond donors (Lipinski definition) is 2. The molecular weight excluding hydrogens is 194 g/mol. The Bertz CT molecular complexity index is 143. The third-order valence-electron chi connectivity index (χ3n) is 1.17. The first-order valence-corrected chi connectivity index (χ1v) is 5.27. The van der Waals surface area contributed by atoms with E-state index in [1.165, 1.54) is 0 Å². The molecule has 0 radical (unpaired) electrons. The molecule has 0 heterocycles. The lowest BCUT2D eigenvalue weighted by atomic mass is 10.3. The van der Waals surface area contributed by atoms with Gasteiger partial charge in [0.15, 0.2) is 0 Å². The van der Waals surface area contributed by atoms with Crippen LogP contribution in [0.4, 0.5) is 0 Å². The molecule has 0 aliphatic heterocycles. The molecule has 0 atom stereocenters. The molecule has 0 saturated carbocycles. The zero-order chi connectivity index (χ0) is 9.40. The van der Waals surface area contributed by atoms with Gasteiger partial charge in [0, 0.05) is 12.8 Å². The van der Waals surface area contributed by atoms with Gasteiger partial charge in [0.25, 0.3) is 0 Å². The van der Waals surface area contributed by atoms with Gasteiger partial charge in [-0.15, -0.1) is 0 Å². The van der Waals surface area contributed by atoms with Crippen LogP contribution < -0.4 is 5.73 Å². The Kier molecular flexibility index (Phi) is 7.19. The topological polar surface area (TPSA) is 63.3 Å². The fraction of sp³-hybridized carbons (Fsp3) is 0.714. The summed E-state index contributed by atoms with van der Waals surface area (Å²) in [5, 5.41) is 8.31. The van der Waals surface area contributed by atoms with Crippen LogP contribution in [0.1, 0.15) is 19.3 Å². The van der Waals surface area contributed by atoms with Crippen LogP contribution in [0.2, 0.25) is 0 Å². The third kappa shape index (κ3) is 9.71. The molecule has 0 aromatic heterocycles. The maximum atomic E-state index is 10.1. The van der Waals surface area contributed by atoms with E-state index in [2.05, 4.69) is 12.2 Å². The molecule has 12 heavy (non-hydrogen) atoms. The molecule has 0 fully saturated rings. The maximum absolute atomic E-state index is 10.1. The number of thioether (sulfide) groups is 1. The first-order valence-electron chi connectivity index (χ1n) is 3.70. The summed E-state index contributed by atoms with van der Waals surface area (Å²) in [6, 6.07) is 0. The Labute approximate surface area is 81.7 Å². The minimum absolute atomic E-state index is 0.250. The number of carboxylic acids is 1. The lowest BCUT2D eigenvalue weighted by Crippen LogP contribution is -2.08. The Balaban J connectivity index is 3.01. The summed E-state index contributed by atoms with van der Waals surface area (Å²) in [4.78, 5) is 10.6. The molecule has 0 aliphatic carbocycles. The highest BCUT2D eigenvalue weighted by atomic mass is 32.2.